The maximum Gasteiger partial charge on any atom is 0.256 e. The van der Waals surface area contributed by atoms with Gasteiger partial charge in [-0.25, -0.2) is 0 Å². The third kappa shape index (κ3) is 5.33. The molecule has 5 nitrogen and oxygen atoms in total. The second-order valence-electron chi connectivity index (χ2n) is 6.15. The van der Waals surface area contributed by atoms with Gasteiger partial charge in [-0.2, -0.15) is 0 Å². The van der Waals surface area contributed by atoms with Crippen LogP contribution in [0, 0.1) is 5.92 Å². The average Bonchev–Trinajstić information content (AvgIpc) is 2.73. The molecule has 1 atom stereocenters. The number of carbonyl (C=O) groups excluding carboxylic acids is 1. The van der Waals surface area contributed by atoms with Crippen LogP contribution in [0.15, 0.2) is 85.1 Å². The number of hydrogen-bond donors (Lipinski definition) is 2. The first-order valence-electron chi connectivity index (χ1n) is 8.74. The number of hydrogen-bond acceptors (Lipinski definition) is 4. The van der Waals surface area contributed by atoms with Crippen molar-refractivity contribution in [2.45, 2.75) is 6.42 Å². The molecule has 0 bridgehead atoms. The summed E-state index contributed by atoms with van der Waals surface area (Å²) in [6, 6.07) is 17.0. The Labute approximate surface area is 158 Å². The largest absolute Gasteiger partial charge is 0.396 e. The lowest BCUT2D eigenvalue weighted by molar-refractivity contribution is 0.0958. The molecule has 27 heavy (non-hydrogen) atoms. The fraction of sp³-hybridized carbons (Fsp3) is 0.136. The van der Waals surface area contributed by atoms with Crippen molar-refractivity contribution >= 4 is 12.0 Å². The zero-order chi connectivity index (χ0) is 18.9. The lowest BCUT2D eigenvalue weighted by atomic mass is 9.95. The molecule has 0 fully saturated rings. The van der Waals surface area contributed by atoms with Crippen LogP contribution in [-0.4, -0.2) is 27.6 Å². The van der Waals surface area contributed by atoms with Gasteiger partial charge in [0.25, 0.3) is 5.91 Å². The minimum absolute atomic E-state index is 0.0842. The fourth-order valence-corrected chi connectivity index (χ4v) is 2.77. The molecule has 2 aromatic heterocycles. The molecular formula is C22H21N3O2. The third-order valence-corrected chi connectivity index (χ3v) is 4.20. The maximum atomic E-state index is 12.6. The van der Waals surface area contributed by atoms with E-state index in [-0.39, 0.29) is 18.4 Å². The second-order valence-corrected chi connectivity index (χ2v) is 6.15. The Morgan fingerprint density at radius 2 is 1.78 bits per heavy atom. The minimum atomic E-state index is -0.255. The van der Waals surface area contributed by atoms with E-state index in [1.165, 1.54) is 6.20 Å². The van der Waals surface area contributed by atoms with Crippen LogP contribution in [0.2, 0.25) is 0 Å². The quantitative estimate of drug-likeness (QED) is 0.680. The van der Waals surface area contributed by atoms with Gasteiger partial charge in [0.05, 0.1) is 12.2 Å². The number of benzene rings is 1. The Morgan fingerprint density at radius 3 is 2.44 bits per heavy atom. The van der Waals surface area contributed by atoms with Gasteiger partial charge >= 0.3 is 0 Å². The van der Waals surface area contributed by atoms with E-state index in [9.17, 15) is 9.90 Å². The third-order valence-electron chi connectivity index (χ3n) is 4.20. The van der Waals surface area contributed by atoms with Crippen molar-refractivity contribution in [1.82, 2.24) is 15.3 Å². The molecule has 3 aromatic rings. The highest BCUT2D eigenvalue weighted by Crippen LogP contribution is 2.18. The van der Waals surface area contributed by atoms with Crippen LogP contribution in [0.25, 0.3) is 6.08 Å². The summed E-state index contributed by atoms with van der Waals surface area (Å²) in [4.78, 5) is 20.6. The number of nitrogens with zero attached hydrogens (tertiary/aromatic N) is 2. The maximum absolute atomic E-state index is 12.6. The second kappa shape index (κ2) is 9.40. The molecule has 0 radical (unpaired) electrons. The van der Waals surface area contributed by atoms with Gasteiger partial charge < -0.3 is 10.4 Å². The molecule has 0 unspecified atom stereocenters. The SMILES string of the molecule is O=C(N/C(=C/c1ccncc1)[C@@H](CO)Cc1ccccc1)c1cccnc1. The molecule has 1 aromatic carbocycles. The number of nitrogens with one attached hydrogen (secondary N) is 1. The van der Waals surface area contributed by atoms with Gasteiger partial charge in [0.15, 0.2) is 0 Å². The zero-order valence-corrected chi connectivity index (χ0v) is 14.8. The van der Waals surface area contributed by atoms with Crippen LogP contribution in [0.1, 0.15) is 21.5 Å². The van der Waals surface area contributed by atoms with Crippen molar-refractivity contribution in [2.75, 3.05) is 6.61 Å². The molecule has 136 valence electrons. The lowest BCUT2D eigenvalue weighted by Crippen LogP contribution is -2.29. The molecule has 0 aliphatic rings. The van der Waals surface area contributed by atoms with Crippen molar-refractivity contribution < 1.29 is 9.90 Å². The first kappa shape index (κ1) is 18.5. The molecule has 0 saturated heterocycles. The van der Waals surface area contributed by atoms with E-state index in [0.29, 0.717) is 17.7 Å². The highest BCUT2D eigenvalue weighted by atomic mass is 16.3. The van der Waals surface area contributed by atoms with Gasteiger partial charge in [-0.1, -0.05) is 30.3 Å². The van der Waals surface area contributed by atoms with Gasteiger partial charge in [-0.3, -0.25) is 14.8 Å². The summed E-state index contributed by atoms with van der Waals surface area (Å²) in [5, 5.41) is 13.0. The van der Waals surface area contributed by atoms with Gasteiger partial charge in [-0.15, -0.1) is 0 Å². The predicted octanol–water partition coefficient (Wildman–Crippen LogP) is 3.10. The van der Waals surface area contributed by atoms with Crippen LogP contribution in [0.4, 0.5) is 0 Å². The first-order valence-corrected chi connectivity index (χ1v) is 8.74. The van der Waals surface area contributed by atoms with Crippen LogP contribution in [0.3, 0.4) is 0 Å². The number of amides is 1. The van der Waals surface area contributed by atoms with Crippen LogP contribution >= 0.6 is 0 Å². The summed E-state index contributed by atoms with van der Waals surface area (Å²) in [7, 11) is 0. The monoisotopic (exact) mass is 359 g/mol. The van der Waals surface area contributed by atoms with E-state index in [0.717, 1.165) is 11.1 Å². The zero-order valence-electron chi connectivity index (χ0n) is 14.8. The number of carbonyl (C=O) groups is 1. The van der Waals surface area contributed by atoms with E-state index < -0.39 is 0 Å². The van der Waals surface area contributed by atoms with Crippen molar-refractivity contribution in [2.24, 2.45) is 5.92 Å². The molecule has 0 saturated carbocycles. The van der Waals surface area contributed by atoms with Gasteiger partial charge in [0, 0.05) is 36.4 Å². The van der Waals surface area contributed by atoms with Crippen LogP contribution in [-0.2, 0) is 6.42 Å². The van der Waals surface area contributed by atoms with Crippen molar-refractivity contribution in [1.29, 1.82) is 0 Å². The summed E-state index contributed by atoms with van der Waals surface area (Å²) < 4.78 is 0. The van der Waals surface area contributed by atoms with Crippen LogP contribution < -0.4 is 5.32 Å². The highest BCUT2D eigenvalue weighted by Gasteiger charge is 2.18. The number of rotatable bonds is 7. The summed E-state index contributed by atoms with van der Waals surface area (Å²) in [6.45, 7) is -0.0842. The molecule has 0 aliphatic carbocycles. The molecule has 0 spiro atoms. The number of pyridine rings is 2. The van der Waals surface area contributed by atoms with E-state index >= 15 is 0 Å². The van der Waals surface area contributed by atoms with Crippen molar-refractivity contribution in [3.63, 3.8) is 0 Å². The topological polar surface area (TPSA) is 75.1 Å². The fourth-order valence-electron chi connectivity index (χ4n) is 2.77. The van der Waals surface area contributed by atoms with E-state index in [2.05, 4.69) is 15.3 Å². The van der Waals surface area contributed by atoms with E-state index in [4.69, 9.17) is 0 Å². The molecule has 1 amide bonds. The molecule has 3 rings (SSSR count). The Kier molecular flexibility index (Phi) is 6.44. The summed E-state index contributed by atoms with van der Waals surface area (Å²) >= 11 is 0. The Hall–Kier alpha value is -3.31. The average molecular weight is 359 g/mol. The highest BCUT2D eigenvalue weighted by molar-refractivity contribution is 5.95. The van der Waals surface area contributed by atoms with E-state index in [1.54, 1.807) is 30.7 Å². The van der Waals surface area contributed by atoms with Crippen LogP contribution in [0.5, 0.6) is 0 Å². The number of aliphatic hydroxyl groups excluding tert-OH is 1. The van der Waals surface area contributed by atoms with Crippen molar-refractivity contribution in [3.05, 3.63) is 102 Å². The van der Waals surface area contributed by atoms with Crippen molar-refractivity contribution in [3.8, 4) is 0 Å². The first-order chi connectivity index (χ1) is 13.3. The summed E-state index contributed by atoms with van der Waals surface area (Å²) in [5.41, 5.74) is 3.11. The molecule has 5 heteroatoms. The molecule has 0 aliphatic heterocycles. The number of aliphatic hydroxyl groups is 1. The van der Waals surface area contributed by atoms with Gasteiger partial charge in [-0.05, 0) is 47.9 Å². The predicted molar refractivity (Wildman–Crippen MR) is 105 cm³/mol. The Balaban J connectivity index is 1.88. The minimum Gasteiger partial charge on any atom is -0.396 e. The lowest BCUT2D eigenvalue weighted by Gasteiger charge is -2.20. The van der Waals surface area contributed by atoms with E-state index in [1.807, 2.05) is 48.5 Å². The van der Waals surface area contributed by atoms with Gasteiger partial charge in [0.2, 0.25) is 0 Å². The molecule has 2 heterocycles. The normalized spacial score (nSPS) is 12.4. The molecule has 2 N–H and O–H groups in total. The molecular weight excluding hydrogens is 338 g/mol. The Morgan fingerprint density at radius 1 is 1.00 bits per heavy atom. The Bertz CT molecular complexity index is 881. The van der Waals surface area contributed by atoms with Gasteiger partial charge in [0.1, 0.15) is 0 Å². The number of aromatic nitrogens is 2. The standard InChI is InChI=1S/C22H21N3O2/c26-16-20(13-17-5-2-1-3-6-17)21(14-18-8-11-23-12-9-18)25-22(27)19-7-4-10-24-15-19/h1-12,14-15,20,26H,13,16H2,(H,25,27)/b21-14+/t20-/m1/s1. The summed E-state index contributed by atoms with van der Waals surface area (Å²) in [6.07, 6.45) is 9.01. The smallest absolute Gasteiger partial charge is 0.256 e. The summed E-state index contributed by atoms with van der Waals surface area (Å²) in [5.74, 6) is -0.504.